The van der Waals surface area contributed by atoms with Gasteiger partial charge in [-0.2, -0.15) is 0 Å². The Morgan fingerprint density at radius 2 is 1.94 bits per heavy atom. The topological polar surface area (TPSA) is 44.9 Å². The van der Waals surface area contributed by atoms with Gasteiger partial charge in [-0.15, -0.1) is 0 Å². The van der Waals surface area contributed by atoms with Gasteiger partial charge in [-0.3, -0.25) is 4.79 Å². The Hall–Kier alpha value is -2.29. The monoisotopic (exact) mass is 240 g/mol. The molecule has 0 radical (unpaired) electrons. The molecule has 0 spiro atoms. The van der Waals surface area contributed by atoms with E-state index in [1.807, 2.05) is 44.2 Å². The highest BCUT2D eigenvalue weighted by atomic mass is 16.2. The average Bonchev–Trinajstić information content (AvgIpc) is 2.81. The van der Waals surface area contributed by atoms with Crippen LogP contribution in [-0.2, 0) is 4.79 Å². The first-order chi connectivity index (χ1) is 8.65. The minimum absolute atomic E-state index is 0.0390. The standard InChI is InChI=1S/C15H14N2O/c1-9-7-10(2)16-14(9)8-12-11-5-3-4-6-13(11)17-15(12)18/h3-8,16H,1-2H3,(H,17,18)/b12-8-/i8+2. The van der Waals surface area contributed by atoms with E-state index in [0.29, 0.717) is 0 Å². The minimum Gasteiger partial charge on any atom is -0.359 e. The number of anilines is 1. The largest absolute Gasteiger partial charge is 0.359 e. The molecule has 0 fully saturated rings. The van der Waals surface area contributed by atoms with Gasteiger partial charge in [0.2, 0.25) is 0 Å². The van der Waals surface area contributed by atoms with E-state index in [9.17, 15) is 4.79 Å². The fourth-order valence-corrected chi connectivity index (χ4v) is 2.33. The Bertz CT molecular complexity index is 665. The van der Waals surface area contributed by atoms with Gasteiger partial charge in [0.15, 0.2) is 0 Å². The number of fused-ring (bicyclic) bond motifs is 1. The average molecular weight is 240 g/mol. The number of amides is 1. The number of aromatic nitrogens is 1. The summed E-state index contributed by atoms with van der Waals surface area (Å²) in [5.41, 5.74) is 5.82. The summed E-state index contributed by atoms with van der Waals surface area (Å²) >= 11 is 0. The SMILES string of the molecule is Cc1cc(C)c(/[14CH]=C2\C(=O)Nc3ccccc32)[nH]1. The maximum Gasteiger partial charge on any atom is 0.256 e. The smallest absolute Gasteiger partial charge is 0.256 e. The van der Waals surface area contributed by atoms with Crippen LogP contribution in [0.4, 0.5) is 5.69 Å². The lowest BCUT2D eigenvalue weighted by atomic mass is 10.1. The first-order valence-corrected chi connectivity index (χ1v) is 5.94. The van der Waals surface area contributed by atoms with Crippen molar-refractivity contribution in [1.82, 2.24) is 4.98 Å². The van der Waals surface area contributed by atoms with E-state index in [4.69, 9.17) is 0 Å². The molecule has 3 rings (SSSR count). The molecule has 1 aromatic heterocycles. The molecule has 1 aromatic carbocycles. The molecule has 3 heteroatoms. The van der Waals surface area contributed by atoms with Crippen LogP contribution in [0.15, 0.2) is 30.3 Å². The predicted molar refractivity (Wildman–Crippen MR) is 73.2 cm³/mol. The molecule has 0 unspecified atom stereocenters. The second-order valence-electron chi connectivity index (χ2n) is 4.61. The number of benzene rings is 1. The summed E-state index contributed by atoms with van der Waals surface area (Å²) in [7, 11) is 0. The molecule has 2 heterocycles. The molecule has 1 aliphatic rings. The van der Waals surface area contributed by atoms with E-state index in [-0.39, 0.29) is 5.91 Å². The number of hydrogen-bond acceptors (Lipinski definition) is 1. The fraction of sp³-hybridized carbons (Fsp3) is 0.133. The highest BCUT2D eigenvalue weighted by Gasteiger charge is 2.23. The van der Waals surface area contributed by atoms with E-state index in [1.165, 1.54) is 0 Å². The molecule has 3 nitrogen and oxygen atoms in total. The quantitative estimate of drug-likeness (QED) is 0.739. The summed E-state index contributed by atoms with van der Waals surface area (Å²) in [6.07, 6.45) is 1.92. The Morgan fingerprint density at radius 3 is 2.67 bits per heavy atom. The van der Waals surface area contributed by atoms with Gasteiger partial charge in [0, 0.05) is 22.6 Å². The van der Waals surface area contributed by atoms with Crippen LogP contribution in [0.25, 0.3) is 11.6 Å². The molecule has 1 amide bonds. The maximum absolute atomic E-state index is 12.0. The van der Waals surface area contributed by atoms with E-state index in [1.54, 1.807) is 0 Å². The van der Waals surface area contributed by atoms with Crippen molar-refractivity contribution in [3.63, 3.8) is 0 Å². The second kappa shape index (κ2) is 3.88. The third kappa shape index (κ3) is 1.64. The summed E-state index contributed by atoms with van der Waals surface area (Å²) < 4.78 is 0. The highest BCUT2D eigenvalue weighted by Crippen LogP contribution is 2.32. The molecule has 0 bridgehead atoms. The number of H-pyrrole nitrogens is 1. The maximum atomic E-state index is 12.0. The molecule has 90 valence electrons. The van der Waals surface area contributed by atoms with E-state index in [0.717, 1.165) is 33.8 Å². The predicted octanol–water partition coefficient (Wildman–Crippen LogP) is 3.12. The Balaban J connectivity index is 2.12. The van der Waals surface area contributed by atoms with Crippen LogP contribution in [0.3, 0.4) is 0 Å². The van der Waals surface area contributed by atoms with Crippen molar-refractivity contribution in [1.29, 1.82) is 0 Å². The third-order valence-electron chi connectivity index (χ3n) is 3.19. The van der Waals surface area contributed by atoms with Gasteiger partial charge >= 0.3 is 0 Å². The highest BCUT2D eigenvalue weighted by molar-refractivity contribution is 6.34. The summed E-state index contributed by atoms with van der Waals surface area (Å²) in [5.74, 6) is -0.0390. The number of carbonyl (C=O) groups is 1. The van der Waals surface area contributed by atoms with Gasteiger partial charge in [-0.05, 0) is 37.6 Å². The van der Waals surface area contributed by atoms with Gasteiger partial charge in [-0.1, -0.05) is 18.2 Å². The zero-order valence-corrected chi connectivity index (χ0v) is 10.4. The first-order valence-electron chi connectivity index (χ1n) is 5.94. The normalized spacial score (nSPS) is 15.9. The van der Waals surface area contributed by atoms with Crippen LogP contribution in [0.5, 0.6) is 0 Å². The number of carbonyl (C=O) groups excluding carboxylic acids is 1. The van der Waals surface area contributed by atoms with Gasteiger partial charge in [0.1, 0.15) is 0 Å². The lowest BCUT2D eigenvalue weighted by Crippen LogP contribution is -2.03. The Kier molecular flexibility index (Phi) is 2.33. The molecule has 0 saturated carbocycles. The molecular weight excluding hydrogens is 226 g/mol. The van der Waals surface area contributed by atoms with Crippen LogP contribution in [0, 0.1) is 13.8 Å². The Morgan fingerprint density at radius 1 is 1.17 bits per heavy atom. The van der Waals surface area contributed by atoms with Crippen LogP contribution < -0.4 is 5.32 Å². The van der Waals surface area contributed by atoms with Crippen molar-refractivity contribution in [3.8, 4) is 0 Å². The summed E-state index contributed by atoms with van der Waals surface area (Å²) in [4.78, 5) is 15.2. The van der Waals surface area contributed by atoms with Crippen LogP contribution in [0.1, 0.15) is 22.5 Å². The number of para-hydroxylation sites is 1. The molecule has 2 aromatic rings. The molecule has 1 aliphatic heterocycles. The summed E-state index contributed by atoms with van der Waals surface area (Å²) in [5, 5.41) is 2.87. The van der Waals surface area contributed by atoms with Gasteiger partial charge in [-0.25, -0.2) is 0 Å². The molecular formula is C15H14N2O. The molecule has 2 N–H and O–H groups in total. The third-order valence-corrected chi connectivity index (χ3v) is 3.19. The lowest BCUT2D eigenvalue weighted by Gasteiger charge is -1.97. The second-order valence-corrected chi connectivity index (χ2v) is 4.61. The summed E-state index contributed by atoms with van der Waals surface area (Å²) in [6.45, 7) is 4.05. The molecule has 0 saturated heterocycles. The van der Waals surface area contributed by atoms with Crippen LogP contribution in [0.2, 0.25) is 0 Å². The molecule has 0 atom stereocenters. The van der Waals surface area contributed by atoms with E-state index < -0.39 is 0 Å². The van der Waals surface area contributed by atoms with Crippen molar-refractivity contribution >= 4 is 23.2 Å². The molecule has 0 aliphatic carbocycles. The zero-order valence-electron chi connectivity index (χ0n) is 10.4. The number of nitrogens with one attached hydrogen (secondary N) is 2. The van der Waals surface area contributed by atoms with Gasteiger partial charge in [0.25, 0.3) is 5.91 Å². The number of aryl methyl sites for hydroxylation is 2. The zero-order chi connectivity index (χ0) is 12.7. The number of rotatable bonds is 1. The van der Waals surface area contributed by atoms with Crippen molar-refractivity contribution in [3.05, 3.63) is 52.8 Å². The molecule has 18 heavy (non-hydrogen) atoms. The lowest BCUT2D eigenvalue weighted by molar-refractivity contribution is -0.110. The summed E-state index contributed by atoms with van der Waals surface area (Å²) in [6, 6.07) is 9.82. The first kappa shape index (κ1) is 10.8. The van der Waals surface area contributed by atoms with Crippen molar-refractivity contribution in [2.45, 2.75) is 13.8 Å². The van der Waals surface area contributed by atoms with Crippen molar-refractivity contribution < 1.29 is 4.79 Å². The van der Waals surface area contributed by atoms with Crippen molar-refractivity contribution in [2.24, 2.45) is 0 Å². The van der Waals surface area contributed by atoms with Gasteiger partial charge in [0.05, 0.1) is 5.57 Å². The minimum atomic E-state index is -0.0390. The van der Waals surface area contributed by atoms with Crippen molar-refractivity contribution in [2.75, 3.05) is 5.32 Å². The number of aromatic amines is 1. The van der Waals surface area contributed by atoms with Gasteiger partial charge < -0.3 is 10.3 Å². The Labute approximate surface area is 106 Å². The van der Waals surface area contributed by atoms with E-state index in [2.05, 4.69) is 16.4 Å². The van der Waals surface area contributed by atoms with Crippen LogP contribution in [-0.4, -0.2) is 10.9 Å². The number of hydrogen-bond donors (Lipinski definition) is 2. The fourth-order valence-electron chi connectivity index (χ4n) is 2.33. The van der Waals surface area contributed by atoms with E-state index >= 15 is 0 Å². The van der Waals surface area contributed by atoms with Crippen LogP contribution >= 0.6 is 0 Å².